The molecule has 0 atom stereocenters. The van der Waals surface area contributed by atoms with Crippen LogP contribution in [0.15, 0.2) is 18.2 Å². The van der Waals surface area contributed by atoms with Gasteiger partial charge in [0.15, 0.2) is 0 Å². The van der Waals surface area contributed by atoms with Crippen molar-refractivity contribution in [3.63, 3.8) is 0 Å². The van der Waals surface area contributed by atoms with E-state index in [9.17, 15) is 4.79 Å². The third kappa shape index (κ3) is 3.33. The van der Waals surface area contributed by atoms with Gasteiger partial charge in [0.2, 0.25) is 5.91 Å². The fourth-order valence-corrected chi connectivity index (χ4v) is 2.78. The van der Waals surface area contributed by atoms with Crippen LogP contribution in [0.4, 0.5) is 5.69 Å². The van der Waals surface area contributed by atoms with Gasteiger partial charge in [-0.1, -0.05) is 19.8 Å². The Morgan fingerprint density at radius 2 is 1.95 bits per heavy atom. The van der Waals surface area contributed by atoms with Crippen molar-refractivity contribution in [2.45, 2.75) is 59.5 Å². The van der Waals surface area contributed by atoms with Crippen LogP contribution in [0.1, 0.15) is 52.0 Å². The van der Waals surface area contributed by atoms with Gasteiger partial charge in [-0.3, -0.25) is 4.79 Å². The first-order valence-corrected chi connectivity index (χ1v) is 7.49. The van der Waals surface area contributed by atoms with E-state index in [-0.39, 0.29) is 17.4 Å². The first-order valence-electron chi connectivity index (χ1n) is 7.49. The Hall–Kier alpha value is -1.51. The molecule has 0 bridgehead atoms. The van der Waals surface area contributed by atoms with Crippen LogP contribution >= 0.6 is 0 Å². The molecule has 0 heterocycles. The molecule has 1 aliphatic carbocycles. The monoisotopic (exact) mass is 275 g/mol. The Morgan fingerprint density at radius 3 is 2.50 bits per heavy atom. The topological polar surface area (TPSA) is 38.3 Å². The molecule has 3 nitrogen and oxygen atoms in total. The molecule has 0 unspecified atom stereocenters. The second kappa shape index (κ2) is 5.86. The van der Waals surface area contributed by atoms with Gasteiger partial charge in [0.1, 0.15) is 5.75 Å². The number of amides is 1. The Kier molecular flexibility index (Phi) is 4.36. The quantitative estimate of drug-likeness (QED) is 0.889. The van der Waals surface area contributed by atoms with Crippen molar-refractivity contribution in [3.05, 3.63) is 23.8 Å². The van der Waals surface area contributed by atoms with Crippen molar-refractivity contribution in [2.24, 2.45) is 5.41 Å². The normalized spacial score (nSPS) is 17.2. The smallest absolute Gasteiger partial charge is 0.230 e. The molecule has 1 saturated carbocycles. The largest absolute Gasteiger partial charge is 0.491 e. The number of hydrogen-bond acceptors (Lipinski definition) is 2. The maximum absolute atomic E-state index is 12.4. The van der Waals surface area contributed by atoms with Crippen LogP contribution in [-0.2, 0) is 4.79 Å². The second-order valence-corrected chi connectivity index (χ2v) is 6.37. The van der Waals surface area contributed by atoms with Crippen molar-refractivity contribution >= 4 is 11.6 Å². The standard InChI is InChI=1S/C17H25NO2/c1-12(2)20-15-8-7-14(11-13(15)3)18-16(19)17(4)9-5-6-10-17/h7-8,11-12H,5-6,9-10H2,1-4H3,(H,18,19). The highest BCUT2D eigenvalue weighted by atomic mass is 16.5. The molecule has 0 aromatic heterocycles. The summed E-state index contributed by atoms with van der Waals surface area (Å²) in [4.78, 5) is 12.4. The summed E-state index contributed by atoms with van der Waals surface area (Å²) in [6.07, 6.45) is 4.46. The third-order valence-electron chi connectivity index (χ3n) is 4.05. The van der Waals surface area contributed by atoms with Gasteiger partial charge in [0, 0.05) is 11.1 Å². The predicted octanol–water partition coefficient (Wildman–Crippen LogP) is 4.30. The number of benzene rings is 1. The molecule has 2 rings (SSSR count). The summed E-state index contributed by atoms with van der Waals surface area (Å²) in [5.41, 5.74) is 1.71. The zero-order valence-electron chi connectivity index (χ0n) is 13.0. The summed E-state index contributed by atoms with van der Waals surface area (Å²) < 4.78 is 5.71. The zero-order chi connectivity index (χ0) is 14.8. The minimum Gasteiger partial charge on any atom is -0.491 e. The molecule has 20 heavy (non-hydrogen) atoms. The average Bonchev–Trinajstić information content (AvgIpc) is 2.81. The minimum atomic E-state index is -0.193. The van der Waals surface area contributed by atoms with Gasteiger partial charge < -0.3 is 10.1 Å². The molecule has 0 spiro atoms. The highest BCUT2D eigenvalue weighted by Crippen LogP contribution is 2.38. The van der Waals surface area contributed by atoms with E-state index in [1.54, 1.807) is 0 Å². The molecule has 110 valence electrons. The van der Waals surface area contributed by atoms with E-state index >= 15 is 0 Å². The Balaban J connectivity index is 2.06. The van der Waals surface area contributed by atoms with E-state index in [1.165, 1.54) is 0 Å². The molecule has 0 radical (unpaired) electrons. The Morgan fingerprint density at radius 1 is 1.30 bits per heavy atom. The molecule has 0 aliphatic heterocycles. The van der Waals surface area contributed by atoms with E-state index in [0.717, 1.165) is 42.7 Å². The van der Waals surface area contributed by atoms with Crippen LogP contribution in [0.3, 0.4) is 0 Å². The SMILES string of the molecule is Cc1cc(NC(=O)C2(C)CCCC2)ccc1OC(C)C. The molecular formula is C17H25NO2. The highest BCUT2D eigenvalue weighted by molar-refractivity contribution is 5.95. The van der Waals surface area contributed by atoms with Gasteiger partial charge >= 0.3 is 0 Å². The van der Waals surface area contributed by atoms with Gasteiger partial charge in [-0.05, 0) is 57.4 Å². The summed E-state index contributed by atoms with van der Waals surface area (Å²) in [5.74, 6) is 1.03. The lowest BCUT2D eigenvalue weighted by Crippen LogP contribution is -2.30. The summed E-state index contributed by atoms with van der Waals surface area (Å²) in [5, 5.41) is 3.05. The second-order valence-electron chi connectivity index (χ2n) is 6.37. The van der Waals surface area contributed by atoms with Crippen molar-refractivity contribution in [1.82, 2.24) is 0 Å². The van der Waals surface area contributed by atoms with Crippen molar-refractivity contribution in [2.75, 3.05) is 5.32 Å². The molecule has 1 fully saturated rings. The number of rotatable bonds is 4. The van der Waals surface area contributed by atoms with Gasteiger partial charge in [-0.15, -0.1) is 0 Å². The lowest BCUT2D eigenvalue weighted by molar-refractivity contribution is -0.124. The fraction of sp³-hybridized carbons (Fsp3) is 0.588. The number of anilines is 1. The maximum Gasteiger partial charge on any atom is 0.230 e. The average molecular weight is 275 g/mol. The molecule has 1 amide bonds. The van der Waals surface area contributed by atoms with Gasteiger partial charge in [-0.25, -0.2) is 0 Å². The molecule has 1 aliphatic rings. The number of carbonyl (C=O) groups is 1. The van der Waals surface area contributed by atoms with E-state index in [1.807, 2.05) is 39.0 Å². The van der Waals surface area contributed by atoms with Crippen molar-refractivity contribution in [3.8, 4) is 5.75 Å². The zero-order valence-corrected chi connectivity index (χ0v) is 13.0. The molecule has 1 aromatic rings. The first-order chi connectivity index (χ1) is 9.40. The first kappa shape index (κ1) is 14.9. The van der Waals surface area contributed by atoms with Crippen molar-refractivity contribution < 1.29 is 9.53 Å². The number of hydrogen-bond donors (Lipinski definition) is 1. The van der Waals surface area contributed by atoms with Crippen molar-refractivity contribution in [1.29, 1.82) is 0 Å². The van der Waals surface area contributed by atoms with Crippen LogP contribution in [0.2, 0.25) is 0 Å². The van der Waals surface area contributed by atoms with E-state index in [4.69, 9.17) is 4.74 Å². The van der Waals surface area contributed by atoms with Crippen LogP contribution in [0.25, 0.3) is 0 Å². The number of carbonyl (C=O) groups excluding carboxylic acids is 1. The van der Waals surface area contributed by atoms with Gasteiger partial charge in [-0.2, -0.15) is 0 Å². The summed E-state index contributed by atoms with van der Waals surface area (Å²) in [6.45, 7) is 8.09. The maximum atomic E-state index is 12.4. The van der Waals surface area contributed by atoms with Crippen LogP contribution in [0, 0.1) is 12.3 Å². The summed E-state index contributed by atoms with van der Waals surface area (Å²) in [6, 6.07) is 5.83. The lowest BCUT2D eigenvalue weighted by atomic mass is 9.88. The van der Waals surface area contributed by atoms with Crippen LogP contribution < -0.4 is 10.1 Å². The summed E-state index contributed by atoms with van der Waals surface area (Å²) >= 11 is 0. The highest BCUT2D eigenvalue weighted by Gasteiger charge is 2.36. The molecule has 0 saturated heterocycles. The Bertz CT molecular complexity index is 488. The van der Waals surface area contributed by atoms with Crippen LogP contribution in [0.5, 0.6) is 5.75 Å². The fourth-order valence-electron chi connectivity index (χ4n) is 2.78. The van der Waals surface area contributed by atoms with Gasteiger partial charge in [0.05, 0.1) is 6.10 Å². The lowest BCUT2D eigenvalue weighted by Gasteiger charge is -2.22. The molecule has 3 heteroatoms. The number of ether oxygens (including phenoxy) is 1. The molecular weight excluding hydrogens is 250 g/mol. The molecule has 1 N–H and O–H groups in total. The number of nitrogens with one attached hydrogen (secondary N) is 1. The number of aryl methyl sites for hydroxylation is 1. The summed E-state index contributed by atoms with van der Waals surface area (Å²) in [7, 11) is 0. The minimum absolute atomic E-state index is 0.145. The third-order valence-corrected chi connectivity index (χ3v) is 4.05. The van der Waals surface area contributed by atoms with E-state index < -0.39 is 0 Å². The van der Waals surface area contributed by atoms with Gasteiger partial charge in [0.25, 0.3) is 0 Å². The van der Waals surface area contributed by atoms with Crippen LogP contribution in [-0.4, -0.2) is 12.0 Å². The van der Waals surface area contributed by atoms with E-state index in [0.29, 0.717) is 0 Å². The Labute approximate surface area is 121 Å². The van der Waals surface area contributed by atoms with E-state index in [2.05, 4.69) is 12.2 Å². The molecule has 1 aromatic carbocycles. The predicted molar refractivity (Wildman–Crippen MR) is 82.1 cm³/mol.